The van der Waals surface area contributed by atoms with Crippen LogP contribution in [0.2, 0.25) is 0 Å². The third-order valence-corrected chi connectivity index (χ3v) is 6.37. The molecule has 2 aromatic rings. The summed E-state index contributed by atoms with van der Waals surface area (Å²) in [7, 11) is 1.53. The molecular formula is C23H28F2N2O3. The highest BCUT2D eigenvalue weighted by atomic mass is 19.3. The SMILES string of the molecule is CC[C@H](CC(=O)c1ccc(OC)nc1)C1CCC(c2cc[nH]c(=O)c2C(F)F)CC1. The molecule has 1 atom stereocenters. The number of halogens is 2. The van der Waals surface area contributed by atoms with Crippen LogP contribution in [0.25, 0.3) is 0 Å². The Morgan fingerprint density at radius 2 is 1.97 bits per heavy atom. The Labute approximate surface area is 174 Å². The minimum absolute atomic E-state index is 0.0356. The first kappa shape index (κ1) is 22.1. The normalized spacial score (nSPS) is 20.2. The van der Waals surface area contributed by atoms with Crippen molar-refractivity contribution in [2.75, 3.05) is 7.11 Å². The molecule has 0 saturated heterocycles. The van der Waals surface area contributed by atoms with Crippen molar-refractivity contribution in [2.45, 2.75) is 57.8 Å². The van der Waals surface area contributed by atoms with Crippen LogP contribution in [0.5, 0.6) is 5.88 Å². The zero-order chi connectivity index (χ0) is 21.7. The maximum Gasteiger partial charge on any atom is 0.269 e. The van der Waals surface area contributed by atoms with Crippen LogP contribution < -0.4 is 10.3 Å². The molecule has 162 valence electrons. The van der Waals surface area contributed by atoms with Crippen LogP contribution in [-0.2, 0) is 0 Å². The summed E-state index contributed by atoms with van der Waals surface area (Å²) >= 11 is 0. The van der Waals surface area contributed by atoms with Crippen LogP contribution >= 0.6 is 0 Å². The van der Waals surface area contributed by atoms with E-state index in [0.717, 1.165) is 32.1 Å². The lowest BCUT2D eigenvalue weighted by atomic mass is 9.71. The van der Waals surface area contributed by atoms with Gasteiger partial charge in [-0.15, -0.1) is 0 Å². The van der Waals surface area contributed by atoms with Gasteiger partial charge in [-0.05, 0) is 61.1 Å². The Kier molecular flexibility index (Phi) is 7.34. The number of alkyl halides is 2. The summed E-state index contributed by atoms with van der Waals surface area (Å²) in [6.07, 6.45) is 4.80. The molecule has 30 heavy (non-hydrogen) atoms. The number of carbonyl (C=O) groups is 1. The van der Waals surface area contributed by atoms with Crippen molar-refractivity contribution in [3.05, 3.63) is 57.6 Å². The van der Waals surface area contributed by atoms with E-state index in [9.17, 15) is 18.4 Å². The van der Waals surface area contributed by atoms with E-state index in [2.05, 4.69) is 16.9 Å². The van der Waals surface area contributed by atoms with E-state index in [1.807, 2.05) is 0 Å². The monoisotopic (exact) mass is 418 g/mol. The fraction of sp³-hybridized carbons (Fsp3) is 0.522. The minimum Gasteiger partial charge on any atom is -0.481 e. The number of H-pyrrole nitrogens is 1. The molecule has 1 saturated carbocycles. The number of methoxy groups -OCH3 is 1. The Balaban J connectivity index is 1.64. The van der Waals surface area contributed by atoms with Gasteiger partial charge in [-0.2, -0.15) is 0 Å². The highest BCUT2D eigenvalue weighted by Crippen LogP contribution is 2.42. The zero-order valence-corrected chi connectivity index (χ0v) is 17.4. The highest BCUT2D eigenvalue weighted by Gasteiger charge is 2.31. The van der Waals surface area contributed by atoms with Crippen molar-refractivity contribution in [1.29, 1.82) is 0 Å². The summed E-state index contributed by atoms with van der Waals surface area (Å²) in [5, 5.41) is 0. The number of pyridine rings is 2. The summed E-state index contributed by atoms with van der Waals surface area (Å²) in [6, 6.07) is 5.03. The molecule has 0 radical (unpaired) electrons. The van der Waals surface area contributed by atoms with Crippen molar-refractivity contribution in [2.24, 2.45) is 11.8 Å². The molecule has 0 aliphatic heterocycles. The van der Waals surface area contributed by atoms with Crippen LogP contribution in [0.15, 0.2) is 35.4 Å². The molecule has 0 spiro atoms. The maximum atomic E-state index is 13.4. The first-order valence-electron chi connectivity index (χ1n) is 10.5. The molecule has 0 bridgehead atoms. The second-order valence-electron chi connectivity index (χ2n) is 7.97. The molecule has 1 fully saturated rings. The van der Waals surface area contributed by atoms with Crippen LogP contribution in [0.3, 0.4) is 0 Å². The van der Waals surface area contributed by atoms with Crippen LogP contribution in [0.4, 0.5) is 8.78 Å². The number of ether oxygens (including phenoxy) is 1. The summed E-state index contributed by atoms with van der Waals surface area (Å²) in [4.78, 5) is 31.0. The molecule has 5 nitrogen and oxygen atoms in total. The molecule has 0 amide bonds. The molecule has 3 rings (SSSR count). The minimum atomic E-state index is -2.78. The quantitative estimate of drug-likeness (QED) is 0.591. The predicted octanol–water partition coefficient (Wildman–Crippen LogP) is 5.29. The van der Waals surface area contributed by atoms with E-state index >= 15 is 0 Å². The zero-order valence-electron chi connectivity index (χ0n) is 17.4. The van der Waals surface area contributed by atoms with Gasteiger partial charge in [0.15, 0.2) is 5.78 Å². The second kappa shape index (κ2) is 9.96. The number of nitrogens with zero attached hydrogens (tertiary/aromatic N) is 1. The summed E-state index contributed by atoms with van der Waals surface area (Å²) in [6.45, 7) is 2.09. The van der Waals surface area contributed by atoms with Crippen molar-refractivity contribution in [3.8, 4) is 5.88 Å². The molecule has 7 heteroatoms. The Hall–Kier alpha value is -2.57. The topological polar surface area (TPSA) is 72.0 Å². The third kappa shape index (κ3) is 4.94. The largest absolute Gasteiger partial charge is 0.481 e. The molecule has 1 aliphatic rings. The van der Waals surface area contributed by atoms with Crippen molar-refractivity contribution in [1.82, 2.24) is 9.97 Å². The van der Waals surface area contributed by atoms with E-state index in [1.54, 1.807) is 24.4 Å². The van der Waals surface area contributed by atoms with Gasteiger partial charge in [0, 0.05) is 30.4 Å². The number of aromatic nitrogens is 2. The number of hydrogen-bond donors (Lipinski definition) is 1. The van der Waals surface area contributed by atoms with Gasteiger partial charge in [-0.1, -0.05) is 13.3 Å². The van der Waals surface area contributed by atoms with Crippen molar-refractivity contribution < 1.29 is 18.3 Å². The van der Waals surface area contributed by atoms with Crippen molar-refractivity contribution >= 4 is 5.78 Å². The van der Waals surface area contributed by atoms with Gasteiger partial charge in [0.2, 0.25) is 5.88 Å². The fourth-order valence-electron chi connectivity index (χ4n) is 4.65. The van der Waals surface area contributed by atoms with Gasteiger partial charge in [-0.25, -0.2) is 13.8 Å². The lowest BCUT2D eigenvalue weighted by Gasteiger charge is -2.34. The molecule has 1 aliphatic carbocycles. The van der Waals surface area contributed by atoms with Gasteiger partial charge in [0.05, 0.1) is 12.7 Å². The van der Waals surface area contributed by atoms with Crippen LogP contribution in [0.1, 0.15) is 79.3 Å². The number of nitrogens with one attached hydrogen (secondary N) is 1. The van der Waals surface area contributed by atoms with E-state index in [4.69, 9.17) is 4.74 Å². The smallest absolute Gasteiger partial charge is 0.269 e. The van der Waals surface area contributed by atoms with E-state index in [1.165, 1.54) is 13.3 Å². The van der Waals surface area contributed by atoms with Gasteiger partial charge >= 0.3 is 0 Å². The Bertz CT molecular complexity index is 903. The van der Waals surface area contributed by atoms with Crippen LogP contribution in [0, 0.1) is 11.8 Å². The van der Waals surface area contributed by atoms with Crippen LogP contribution in [-0.4, -0.2) is 22.9 Å². The molecular weight excluding hydrogens is 390 g/mol. The Morgan fingerprint density at radius 3 is 2.53 bits per heavy atom. The summed E-state index contributed by atoms with van der Waals surface area (Å²) < 4.78 is 31.8. The highest BCUT2D eigenvalue weighted by molar-refractivity contribution is 5.95. The molecule has 0 unspecified atom stereocenters. The number of carbonyl (C=O) groups excluding carboxylic acids is 1. The molecule has 1 N–H and O–H groups in total. The van der Waals surface area contributed by atoms with E-state index in [-0.39, 0.29) is 17.6 Å². The number of Topliss-reactive ketones (excluding diaryl/α,β-unsaturated/α-hetero) is 1. The van der Waals surface area contributed by atoms with Gasteiger partial charge in [-0.3, -0.25) is 9.59 Å². The Morgan fingerprint density at radius 1 is 1.23 bits per heavy atom. The number of aromatic amines is 1. The first-order valence-corrected chi connectivity index (χ1v) is 10.5. The average molecular weight is 418 g/mol. The lowest BCUT2D eigenvalue weighted by Crippen LogP contribution is -2.25. The average Bonchev–Trinajstić information content (AvgIpc) is 2.77. The third-order valence-electron chi connectivity index (χ3n) is 6.37. The van der Waals surface area contributed by atoms with E-state index in [0.29, 0.717) is 29.3 Å². The summed E-state index contributed by atoms with van der Waals surface area (Å²) in [5.41, 5.74) is -0.0430. The number of rotatable bonds is 8. The fourth-order valence-corrected chi connectivity index (χ4v) is 4.65. The number of hydrogen-bond acceptors (Lipinski definition) is 4. The maximum absolute atomic E-state index is 13.4. The van der Waals surface area contributed by atoms with Gasteiger partial charge in [0.1, 0.15) is 0 Å². The summed E-state index contributed by atoms with van der Waals surface area (Å²) in [5.74, 6) is 1.12. The van der Waals surface area contributed by atoms with Crippen molar-refractivity contribution in [3.63, 3.8) is 0 Å². The van der Waals surface area contributed by atoms with Gasteiger partial charge in [0.25, 0.3) is 12.0 Å². The molecule has 2 aromatic heterocycles. The number of ketones is 1. The first-order chi connectivity index (χ1) is 14.4. The molecule has 0 aromatic carbocycles. The molecule has 2 heterocycles. The van der Waals surface area contributed by atoms with Gasteiger partial charge < -0.3 is 9.72 Å². The second-order valence-corrected chi connectivity index (χ2v) is 7.97. The standard InChI is InChI=1S/C23H28F2N2O3/c1-3-14(12-19(28)17-8-9-20(30-2)27-13-17)15-4-6-16(7-5-15)18-10-11-26-23(29)21(18)22(24)25/h8-11,13-16,22H,3-7,12H2,1-2H3,(H,26,29)/t14-,15?,16?/m1/s1. The lowest BCUT2D eigenvalue weighted by molar-refractivity contribution is 0.0924. The predicted molar refractivity (Wildman–Crippen MR) is 110 cm³/mol. The van der Waals surface area contributed by atoms with E-state index < -0.39 is 17.5 Å².